The van der Waals surface area contributed by atoms with Crippen LogP contribution in [0.25, 0.3) is 0 Å². The van der Waals surface area contributed by atoms with Crippen molar-refractivity contribution >= 4 is 5.84 Å². The van der Waals surface area contributed by atoms with E-state index in [4.69, 9.17) is 11.7 Å². The molecular weight excluding hydrogens is 140 g/mol. The number of hydrogen-bond acceptors (Lipinski definition) is 3. The van der Waals surface area contributed by atoms with E-state index in [9.17, 15) is 0 Å². The Morgan fingerprint density at radius 2 is 1.73 bits per heavy atom. The van der Waals surface area contributed by atoms with Crippen LogP contribution in [0.4, 0.5) is 0 Å². The molecule has 4 heteroatoms. The summed E-state index contributed by atoms with van der Waals surface area (Å²) in [6.45, 7) is 8.00. The fourth-order valence-electron chi connectivity index (χ4n) is 0.778. The van der Waals surface area contributed by atoms with Crippen molar-refractivity contribution in [1.29, 1.82) is 0 Å². The van der Waals surface area contributed by atoms with E-state index in [0.717, 1.165) is 5.84 Å². The SMILES string of the molecule is CC(C)/C(=N/N)N(N)C(C)C. The van der Waals surface area contributed by atoms with Crippen LogP contribution in [0.2, 0.25) is 0 Å². The van der Waals surface area contributed by atoms with E-state index >= 15 is 0 Å². The Kier molecular flexibility index (Phi) is 3.89. The second-order valence-electron chi connectivity index (χ2n) is 3.14. The van der Waals surface area contributed by atoms with Gasteiger partial charge in [0.1, 0.15) is 5.84 Å². The molecule has 0 rings (SSSR count). The van der Waals surface area contributed by atoms with Gasteiger partial charge in [0.15, 0.2) is 0 Å². The Bertz CT molecular complexity index is 139. The molecule has 0 fully saturated rings. The van der Waals surface area contributed by atoms with Crippen LogP contribution in [0.3, 0.4) is 0 Å². The fourth-order valence-corrected chi connectivity index (χ4v) is 0.778. The smallest absolute Gasteiger partial charge is 0.141 e. The summed E-state index contributed by atoms with van der Waals surface area (Å²) in [5.74, 6) is 11.9. The third-order valence-corrected chi connectivity index (χ3v) is 1.47. The second-order valence-corrected chi connectivity index (χ2v) is 3.14. The number of amidine groups is 1. The van der Waals surface area contributed by atoms with Gasteiger partial charge >= 0.3 is 0 Å². The Labute approximate surface area is 68.2 Å². The standard InChI is InChI=1S/C7H18N4/c1-5(2)7(10-8)11(9)6(3)4/h5-6H,8-9H2,1-4H3/b10-7-. The quantitative estimate of drug-likeness (QED) is 0.266. The van der Waals surface area contributed by atoms with Gasteiger partial charge in [0.05, 0.1) is 0 Å². The molecule has 0 aromatic rings. The summed E-state index contributed by atoms with van der Waals surface area (Å²) in [5.41, 5.74) is 0. The summed E-state index contributed by atoms with van der Waals surface area (Å²) in [5, 5.41) is 5.21. The van der Waals surface area contributed by atoms with Gasteiger partial charge in [-0.1, -0.05) is 13.8 Å². The normalized spacial score (nSPS) is 12.8. The van der Waals surface area contributed by atoms with Crippen molar-refractivity contribution in [1.82, 2.24) is 5.01 Å². The zero-order valence-electron chi connectivity index (χ0n) is 7.70. The molecule has 0 aliphatic rings. The molecule has 0 aliphatic heterocycles. The highest BCUT2D eigenvalue weighted by atomic mass is 15.5. The summed E-state index contributed by atoms with van der Waals surface area (Å²) in [7, 11) is 0. The minimum Gasteiger partial charge on any atom is -0.322 e. The van der Waals surface area contributed by atoms with E-state index in [-0.39, 0.29) is 12.0 Å². The average Bonchev–Trinajstić information content (AvgIpc) is 1.88. The van der Waals surface area contributed by atoms with Crippen LogP contribution in [-0.4, -0.2) is 16.9 Å². The molecule has 0 unspecified atom stereocenters. The van der Waals surface area contributed by atoms with Crippen LogP contribution in [-0.2, 0) is 0 Å². The summed E-state index contributed by atoms with van der Waals surface area (Å²) >= 11 is 0. The van der Waals surface area contributed by atoms with E-state index < -0.39 is 0 Å². The van der Waals surface area contributed by atoms with E-state index in [2.05, 4.69) is 5.10 Å². The van der Waals surface area contributed by atoms with Crippen LogP contribution < -0.4 is 11.7 Å². The maximum atomic E-state index is 5.69. The Balaban J connectivity index is 4.28. The molecule has 0 aromatic carbocycles. The van der Waals surface area contributed by atoms with Gasteiger partial charge in [0.25, 0.3) is 0 Å². The van der Waals surface area contributed by atoms with Crippen molar-refractivity contribution in [2.75, 3.05) is 0 Å². The lowest BCUT2D eigenvalue weighted by Crippen LogP contribution is -2.45. The molecule has 11 heavy (non-hydrogen) atoms. The zero-order valence-corrected chi connectivity index (χ0v) is 7.70. The van der Waals surface area contributed by atoms with Crippen LogP contribution in [0.15, 0.2) is 5.10 Å². The van der Waals surface area contributed by atoms with Crippen LogP contribution in [0.5, 0.6) is 0 Å². The number of nitrogens with zero attached hydrogens (tertiary/aromatic N) is 2. The number of nitrogens with two attached hydrogens (primary N) is 2. The molecule has 0 aromatic heterocycles. The average molecular weight is 158 g/mol. The maximum Gasteiger partial charge on any atom is 0.141 e. The van der Waals surface area contributed by atoms with Crippen LogP contribution in [0, 0.1) is 5.92 Å². The number of hydrazone groups is 1. The van der Waals surface area contributed by atoms with Gasteiger partial charge in [-0.15, -0.1) is 0 Å². The predicted molar refractivity (Wildman–Crippen MR) is 47.6 cm³/mol. The molecule has 0 bridgehead atoms. The molecular formula is C7H18N4. The molecule has 0 heterocycles. The molecule has 0 spiro atoms. The van der Waals surface area contributed by atoms with E-state index in [1.54, 1.807) is 5.01 Å². The van der Waals surface area contributed by atoms with Gasteiger partial charge < -0.3 is 5.84 Å². The Morgan fingerprint density at radius 3 is 1.82 bits per heavy atom. The third-order valence-electron chi connectivity index (χ3n) is 1.47. The van der Waals surface area contributed by atoms with Crippen LogP contribution >= 0.6 is 0 Å². The predicted octanol–water partition coefficient (Wildman–Crippen LogP) is 0.499. The monoisotopic (exact) mass is 158 g/mol. The third kappa shape index (κ3) is 2.76. The van der Waals surface area contributed by atoms with Crippen molar-refractivity contribution in [3.8, 4) is 0 Å². The number of rotatable bonds is 2. The van der Waals surface area contributed by atoms with Gasteiger partial charge in [-0.05, 0) is 13.8 Å². The summed E-state index contributed by atoms with van der Waals surface area (Å²) in [6, 6.07) is 0.236. The topological polar surface area (TPSA) is 67.6 Å². The molecule has 0 aliphatic carbocycles. The van der Waals surface area contributed by atoms with Gasteiger partial charge in [-0.3, -0.25) is 5.01 Å². The Hall–Kier alpha value is -0.770. The van der Waals surface area contributed by atoms with E-state index in [1.165, 1.54) is 0 Å². The van der Waals surface area contributed by atoms with E-state index in [1.807, 2.05) is 27.7 Å². The first-order valence-electron chi connectivity index (χ1n) is 3.82. The zero-order chi connectivity index (χ0) is 9.02. The van der Waals surface area contributed by atoms with Crippen molar-refractivity contribution in [2.45, 2.75) is 33.7 Å². The number of hydrogen-bond donors (Lipinski definition) is 2. The van der Waals surface area contributed by atoms with Gasteiger partial charge in [-0.2, -0.15) is 5.10 Å². The first kappa shape index (κ1) is 10.2. The van der Waals surface area contributed by atoms with E-state index in [0.29, 0.717) is 0 Å². The molecule has 66 valence electrons. The maximum absolute atomic E-state index is 5.69. The highest BCUT2D eigenvalue weighted by molar-refractivity contribution is 5.83. The molecule has 4 N–H and O–H groups in total. The van der Waals surface area contributed by atoms with Gasteiger partial charge in [-0.25, -0.2) is 5.84 Å². The van der Waals surface area contributed by atoms with Gasteiger partial charge in [0, 0.05) is 12.0 Å². The van der Waals surface area contributed by atoms with Crippen molar-refractivity contribution < 1.29 is 0 Å². The molecule has 0 radical (unpaired) electrons. The number of hydrazine groups is 1. The van der Waals surface area contributed by atoms with Crippen molar-refractivity contribution in [3.05, 3.63) is 0 Å². The lowest BCUT2D eigenvalue weighted by atomic mass is 10.2. The molecule has 4 nitrogen and oxygen atoms in total. The summed E-state index contributed by atoms with van der Waals surface area (Å²) in [6.07, 6.45) is 0. The second kappa shape index (κ2) is 4.18. The lowest BCUT2D eigenvalue weighted by Gasteiger charge is -2.25. The minimum atomic E-state index is 0.236. The summed E-state index contributed by atoms with van der Waals surface area (Å²) < 4.78 is 0. The lowest BCUT2D eigenvalue weighted by molar-refractivity contribution is 0.346. The van der Waals surface area contributed by atoms with Crippen LogP contribution in [0.1, 0.15) is 27.7 Å². The Morgan fingerprint density at radius 1 is 1.27 bits per heavy atom. The highest BCUT2D eigenvalue weighted by Crippen LogP contribution is 2.02. The summed E-state index contributed by atoms with van der Waals surface area (Å²) in [4.78, 5) is 0. The largest absolute Gasteiger partial charge is 0.322 e. The first-order valence-corrected chi connectivity index (χ1v) is 3.82. The first-order chi connectivity index (χ1) is 5.00. The molecule has 0 saturated carbocycles. The van der Waals surface area contributed by atoms with Gasteiger partial charge in [0.2, 0.25) is 0 Å². The highest BCUT2D eigenvalue weighted by Gasteiger charge is 2.13. The van der Waals surface area contributed by atoms with Crippen molar-refractivity contribution in [3.63, 3.8) is 0 Å². The minimum absolute atomic E-state index is 0.236. The molecule has 0 atom stereocenters. The fraction of sp³-hybridized carbons (Fsp3) is 0.857. The molecule has 0 saturated heterocycles. The molecule has 0 amide bonds. The van der Waals surface area contributed by atoms with Crippen molar-refractivity contribution in [2.24, 2.45) is 22.7 Å².